The van der Waals surface area contributed by atoms with Gasteiger partial charge in [-0.15, -0.1) is 0 Å². The quantitative estimate of drug-likeness (QED) is 0.533. The summed E-state index contributed by atoms with van der Waals surface area (Å²) in [6.07, 6.45) is 0.791. The smallest absolute Gasteiger partial charge is 0.253 e. The minimum absolute atomic E-state index is 0.110. The average molecular weight is 484 g/mol. The van der Waals surface area contributed by atoms with Crippen LogP contribution in [0.25, 0.3) is 11.3 Å². The molecule has 0 saturated heterocycles. The Morgan fingerprint density at radius 1 is 1.12 bits per heavy atom. The lowest BCUT2D eigenvalue weighted by atomic mass is 10.1. The zero-order valence-corrected chi connectivity index (χ0v) is 19.8. The van der Waals surface area contributed by atoms with E-state index in [-0.39, 0.29) is 23.5 Å². The zero-order valence-electron chi connectivity index (χ0n) is 19.0. The van der Waals surface area contributed by atoms with Crippen molar-refractivity contribution in [3.05, 3.63) is 65.9 Å². The molecule has 1 aromatic heterocycles. The molecule has 1 amide bonds. The number of nitrogens with zero attached hydrogens (tertiary/aromatic N) is 2. The molecule has 0 bridgehead atoms. The van der Waals surface area contributed by atoms with Gasteiger partial charge in [0.2, 0.25) is 5.90 Å². The third-order valence-corrected chi connectivity index (χ3v) is 6.32. The molecular formula is C24H25N3O6S. The van der Waals surface area contributed by atoms with Gasteiger partial charge in [0.1, 0.15) is 23.3 Å². The van der Waals surface area contributed by atoms with Gasteiger partial charge in [-0.2, -0.15) is 0 Å². The highest BCUT2D eigenvalue weighted by molar-refractivity contribution is 7.90. The normalized spacial score (nSPS) is 15.5. The van der Waals surface area contributed by atoms with Crippen molar-refractivity contribution >= 4 is 21.6 Å². The number of hydrogen-bond donors (Lipinski definition) is 2. The van der Waals surface area contributed by atoms with Crippen molar-refractivity contribution in [1.29, 1.82) is 0 Å². The van der Waals surface area contributed by atoms with Crippen LogP contribution in [-0.2, 0) is 14.6 Å². The Morgan fingerprint density at radius 2 is 1.82 bits per heavy atom. The monoisotopic (exact) mass is 483 g/mol. The number of ether oxygens (including phenoxy) is 2. The van der Waals surface area contributed by atoms with Crippen LogP contribution in [0.1, 0.15) is 16.1 Å². The van der Waals surface area contributed by atoms with Crippen molar-refractivity contribution in [2.45, 2.75) is 11.0 Å². The molecule has 1 aliphatic heterocycles. The number of carbonyl (C=O) groups excluding carboxylic acids is 1. The molecule has 10 heteroatoms. The lowest BCUT2D eigenvalue weighted by molar-refractivity contribution is 0.0827. The predicted octanol–water partition coefficient (Wildman–Crippen LogP) is 2.72. The van der Waals surface area contributed by atoms with E-state index in [1.165, 1.54) is 17.0 Å². The van der Waals surface area contributed by atoms with Crippen LogP contribution in [0.5, 0.6) is 11.5 Å². The number of nitrogens with one attached hydrogen (secondary N) is 1. The fraction of sp³-hybridized carbons (Fsp3) is 0.250. The molecule has 178 valence electrons. The Bertz CT molecular complexity index is 1340. The summed E-state index contributed by atoms with van der Waals surface area (Å²) in [5, 5.41) is 9.26. The van der Waals surface area contributed by atoms with Crippen molar-refractivity contribution < 1.29 is 27.8 Å². The maximum Gasteiger partial charge on any atom is 0.253 e. The van der Waals surface area contributed by atoms with E-state index < -0.39 is 9.84 Å². The summed E-state index contributed by atoms with van der Waals surface area (Å²) in [6, 6.07) is 14.9. The second-order valence-corrected chi connectivity index (χ2v) is 10.2. The molecule has 2 aromatic carbocycles. The number of aliphatic imine (C=N–C) groups is 1. The summed E-state index contributed by atoms with van der Waals surface area (Å²) in [6.45, 7) is 0.282. The fourth-order valence-electron chi connectivity index (χ4n) is 3.44. The molecule has 34 heavy (non-hydrogen) atoms. The Hall–Kier alpha value is -3.63. The first-order valence-electron chi connectivity index (χ1n) is 10.5. The Morgan fingerprint density at radius 3 is 2.44 bits per heavy atom. The van der Waals surface area contributed by atoms with Gasteiger partial charge >= 0.3 is 0 Å². The molecule has 3 aromatic rings. The van der Waals surface area contributed by atoms with Gasteiger partial charge in [0.05, 0.1) is 18.0 Å². The highest BCUT2D eigenvalue weighted by atomic mass is 32.2. The molecule has 0 aliphatic carbocycles. The maximum atomic E-state index is 12.7. The van der Waals surface area contributed by atoms with E-state index in [0.717, 1.165) is 11.9 Å². The Kier molecular flexibility index (Phi) is 6.45. The van der Waals surface area contributed by atoms with Gasteiger partial charge in [-0.25, -0.2) is 13.4 Å². The molecule has 1 atom stereocenters. The summed E-state index contributed by atoms with van der Waals surface area (Å²) in [7, 11) is 0.0157. The van der Waals surface area contributed by atoms with Gasteiger partial charge in [-0.05, 0) is 54.6 Å². The van der Waals surface area contributed by atoms with Gasteiger partial charge in [0.25, 0.3) is 5.91 Å². The van der Waals surface area contributed by atoms with Crippen LogP contribution in [0.4, 0.5) is 0 Å². The van der Waals surface area contributed by atoms with Crippen molar-refractivity contribution in [1.82, 2.24) is 9.88 Å². The standard InChI is InChI=1S/C24H25N3O6S/c1-27(2)24(29)16-10-15(21-8-9-22(26-21)23-25-13-19(14-28)33-23)11-18(12-16)32-17-4-6-20(7-5-17)34(3,30)31/h4-12,19,26,28H,13-14H2,1-3H3/t19-/m1/s1. The van der Waals surface area contributed by atoms with E-state index in [1.807, 2.05) is 12.1 Å². The highest BCUT2D eigenvalue weighted by Crippen LogP contribution is 2.30. The van der Waals surface area contributed by atoms with E-state index in [1.54, 1.807) is 44.4 Å². The second-order valence-electron chi connectivity index (χ2n) is 8.15. The van der Waals surface area contributed by atoms with E-state index in [0.29, 0.717) is 40.8 Å². The first-order chi connectivity index (χ1) is 16.1. The van der Waals surface area contributed by atoms with Crippen LogP contribution in [0.3, 0.4) is 0 Å². The third kappa shape index (κ3) is 5.13. The molecule has 1 aliphatic rings. The van der Waals surface area contributed by atoms with Gasteiger partial charge in [0.15, 0.2) is 9.84 Å². The topological polar surface area (TPSA) is 121 Å². The number of sulfone groups is 1. The Labute approximate surface area is 197 Å². The number of H-pyrrole nitrogens is 1. The predicted molar refractivity (Wildman–Crippen MR) is 127 cm³/mol. The molecule has 9 nitrogen and oxygen atoms in total. The van der Waals surface area contributed by atoms with Crippen LogP contribution >= 0.6 is 0 Å². The van der Waals surface area contributed by atoms with Gasteiger partial charge in [0, 0.05) is 37.2 Å². The maximum absolute atomic E-state index is 12.7. The molecular weight excluding hydrogens is 458 g/mol. The molecule has 0 fully saturated rings. The zero-order chi connectivity index (χ0) is 24.5. The van der Waals surface area contributed by atoms with Crippen molar-refractivity contribution in [2.24, 2.45) is 4.99 Å². The number of aromatic nitrogens is 1. The number of amides is 1. The molecule has 0 radical (unpaired) electrons. The number of aliphatic hydroxyl groups is 1. The fourth-order valence-corrected chi connectivity index (χ4v) is 4.07. The van der Waals surface area contributed by atoms with Gasteiger partial charge < -0.3 is 24.5 Å². The molecule has 0 saturated carbocycles. The summed E-state index contributed by atoms with van der Waals surface area (Å²) in [5.41, 5.74) is 2.52. The second kappa shape index (κ2) is 9.32. The van der Waals surface area contributed by atoms with Crippen molar-refractivity contribution in [2.75, 3.05) is 33.5 Å². The minimum atomic E-state index is -3.32. The average Bonchev–Trinajstić information content (AvgIpc) is 3.47. The summed E-state index contributed by atoms with van der Waals surface area (Å²) < 4.78 is 35.0. The summed E-state index contributed by atoms with van der Waals surface area (Å²) >= 11 is 0. The summed E-state index contributed by atoms with van der Waals surface area (Å²) in [4.78, 5) is 21.9. The van der Waals surface area contributed by atoms with Crippen LogP contribution in [0.2, 0.25) is 0 Å². The number of aromatic amines is 1. The molecule has 0 spiro atoms. The van der Waals surface area contributed by atoms with E-state index in [2.05, 4.69) is 9.98 Å². The van der Waals surface area contributed by atoms with E-state index >= 15 is 0 Å². The lowest BCUT2D eigenvalue weighted by Gasteiger charge is -2.14. The van der Waals surface area contributed by atoms with Crippen LogP contribution in [0.15, 0.2) is 64.5 Å². The van der Waals surface area contributed by atoms with Gasteiger partial charge in [-0.3, -0.25) is 4.79 Å². The first kappa shape index (κ1) is 23.5. The molecule has 2 heterocycles. The third-order valence-electron chi connectivity index (χ3n) is 5.20. The number of benzene rings is 2. The first-order valence-corrected chi connectivity index (χ1v) is 12.4. The molecule has 4 rings (SSSR count). The molecule has 2 N–H and O–H groups in total. The van der Waals surface area contributed by atoms with Crippen molar-refractivity contribution in [3.63, 3.8) is 0 Å². The van der Waals surface area contributed by atoms with Crippen LogP contribution in [-0.4, -0.2) is 74.8 Å². The lowest BCUT2D eigenvalue weighted by Crippen LogP contribution is -2.21. The molecule has 0 unspecified atom stereocenters. The van der Waals surface area contributed by atoms with E-state index in [9.17, 15) is 18.3 Å². The van der Waals surface area contributed by atoms with Crippen LogP contribution in [0, 0.1) is 0 Å². The minimum Gasteiger partial charge on any atom is -0.469 e. The number of aliphatic hydroxyl groups excluding tert-OH is 1. The van der Waals surface area contributed by atoms with E-state index in [4.69, 9.17) is 9.47 Å². The highest BCUT2D eigenvalue weighted by Gasteiger charge is 2.22. The van der Waals surface area contributed by atoms with Crippen molar-refractivity contribution in [3.8, 4) is 22.8 Å². The number of carbonyl (C=O) groups is 1. The SMILES string of the molecule is CN(C)C(=O)c1cc(Oc2ccc(S(C)(=O)=O)cc2)cc(-c2ccc(C3=NC[C@H](CO)O3)[nH]2)c1. The largest absolute Gasteiger partial charge is 0.469 e. The summed E-state index contributed by atoms with van der Waals surface area (Å²) in [5.74, 6) is 1.08. The van der Waals surface area contributed by atoms with Gasteiger partial charge in [-0.1, -0.05) is 0 Å². The van der Waals surface area contributed by atoms with Crippen LogP contribution < -0.4 is 4.74 Å². The number of rotatable bonds is 7. The number of hydrogen-bond acceptors (Lipinski definition) is 7. The Balaban J connectivity index is 1.66.